The van der Waals surface area contributed by atoms with E-state index >= 15 is 0 Å². The van der Waals surface area contributed by atoms with Crippen LogP contribution in [0.5, 0.6) is 0 Å². The van der Waals surface area contributed by atoms with Crippen molar-refractivity contribution in [3.63, 3.8) is 0 Å². The maximum absolute atomic E-state index is 4.28. The number of hydrazone groups is 1. The Morgan fingerprint density at radius 1 is 1.53 bits per heavy atom. The zero-order valence-corrected chi connectivity index (χ0v) is 8.93. The summed E-state index contributed by atoms with van der Waals surface area (Å²) >= 11 is 0. The van der Waals surface area contributed by atoms with E-state index in [1.165, 1.54) is 5.56 Å². The van der Waals surface area contributed by atoms with E-state index in [1.807, 2.05) is 18.3 Å². The number of aryl methyl sites for hydroxylation is 1. The molecule has 0 aliphatic heterocycles. The van der Waals surface area contributed by atoms with Gasteiger partial charge in [0.1, 0.15) is 0 Å². The van der Waals surface area contributed by atoms with Crippen molar-refractivity contribution in [2.45, 2.75) is 13.3 Å². The second kappa shape index (κ2) is 5.75. The van der Waals surface area contributed by atoms with Crippen LogP contribution in [0.2, 0.25) is 0 Å². The third kappa shape index (κ3) is 3.06. The van der Waals surface area contributed by atoms with Crippen molar-refractivity contribution >= 4 is 12.5 Å². The predicted molar refractivity (Wildman–Crippen MR) is 65.0 cm³/mol. The first kappa shape index (κ1) is 11.2. The molecule has 15 heavy (non-hydrogen) atoms. The predicted octanol–water partition coefficient (Wildman–Crippen LogP) is 2.77. The summed E-state index contributed by atoms with van der Waals surface area (Å²) in [6.45, 7) is 9.17. The van der Waals surface area contributed by atoms with Gasteiger partial charge in [-0.1, -0.05) is 25.6 Å². The minimum Gasteiger partial charge on any atom is -0.237 e. The monoisotopic (exact) mass is 201 g/mol. The van der Waals surface area contributed by atoms with E-state index in [0.717, 1.165) is 12.2 Å². The molecule has 1 aromatic rings. The van der Waals surface area contributed by atoms with Gasteiger partial charge in [0.05, 0.1) is 0 Å². The average Bonchev–Trinajstić information content (AvgIpc) is 2.31. The minimum atomic E-state index is 0.750. The normalized spacial score (nSPS) is 10.2. The highest BCUT2D eigenvalue weighted by Crippen LogP contribution is 2.12. The van der Waals surface area contributed by atoms with Crippen molar-refractivity contribution in [1.82, 2.24) is 4.98 Å². The lowest BCUT2D eigenvalue weighted by Gasteiger charge is -2.11. The maximum atomic E-state index is 4.28. The molecule has 0 radical (unpaired) electrons. The molecule has 0 atom stereocenters. The van der Waals surface area contributed by atoms with Crippen molar-refractivity contribution < 1.29 is 0 Å². The highest BCUT2D eigenvalue weighted by atomic mass is 15.5. The van der Waals surface area contributed by atoms with Gasteiger partial charge in [-0.2, -0.15) is 5.10 Å². The molecular formula is C12H15N3. The number of allylic oxidation sites excluding steroid dienone is 2. The van der Waals surface area contributed by atoms with Crippen LogP contribution in [0.15, 0.2) is 48.4 Å². The number of hydrogen-bond acceptors (Lipinski definition) is 3. The summed E-state index contributed by atoms with van der Waals surface area (Å²) in [4.78, 5) is 4.28. The molecule has 78 valence electrons. The highest BCUT2D eigenvalue weighted by Gasteiger charge is 2.00. The van der Waals surface area contributed by atoms with Gasteiger partial charge >= 0.3 is 0 Å². The van der Waals surface area contributed by atoms with E-state index in [1.54, 1.807) is 23.4 Å². The SMILES string of the molecule is C=C/C=C/N(N=C)c1ccc(CC)cn1. The van der Waals surface area contributed by atoms with Crippen molar-refractivity contribution in [3.05, 3.63) is 48.8 Å². The number of nitrogens with zero attached hydrogens (tertiary/aromatic N) is 3. The largest absolute Gasteiger partial charge is 0.237 e. The van der Waals surface area contributed by atoms with E-state index in [9.17, 15) is 0 Å². The second-order valence-electron chi connectivity index (χ2n) is 2.94. The molecule has 1 heterocycles. The summed E-state index contributed by atoms with van der Waals surface area (Å²) in [5.41, 5.74) is 1.20. The van der Waals surface area contributed by atoms with Gasteiger partial charge in [0.15, 0.2) is 5.82 Å². The van der Waals surface area contributed by atoms with Gasteiger partial charge in [-0.05, 0) is 24.1 Å². The van der Waals surface area contributed by atoms with Gasteiger partial charge in [-0.25, -0.2) is 9.99 Å². The summed E-state index contributed by atoms with van der Waals surface area (Å²) in [6, 6.07) is 3.95. The summed E-state index contributed by atoms with van der Waals surface area (Å²) in [6.07, 6.45) is 8.04. The van der Waals surface area contributed by atoms with Crippen LogP contribution < -0.4 is 5.01 Å². The molecule has 0 saturated heterocycles. The van der Waals surface area contributed by atoms with Crippen molar-refractivity contribution in [1.29, 1.82) is 0 Å². The van der Waals surface area contributed by atoms with E-state index in [4.69, 9.17) is 0 Å². The molecule has 0 aromatic carbocycles. The third-order valence-corrected chi connectivity index (χ3v) is 1.97. The fourth-order valence-electron chi connectivity index (χ4n) is 1.10. The summed E-state index contributed by atoms with van der Waals surface area (Å²) < 4.78 is 0. The molecule has 0 aliphatic carbocycles. The maximum Gasteiger partial charge on any atom is 0.153 e. The molecule has 3 heteroatoms. The second-order valence-corrected chi connectivity index (χ2v) is 2.94. The van der Waals surface area contributed by atoms with Crippen LogP contribution in [0.3, 0.4) is 0 Å². The lowest BCUT2D eigenvalue weighted by molar-refractivity contribution is 1.02. The van der Waals surface area contributed by atoms with E-state index in [2.05, 4.69) is 30.3 Å². The molecule has 1 aromatic heterocycles. The standard InChI is InChI=1S/C12H15N3/c1-4-6-9-15(13-3)12-8-7-11(5-2)10-14-12/h4,6-10H,1,3,5H2,2H3/b9-6+. The van der Waals surface area contributed by atoms with Crippen LogP contribution in [-0.4, -0.2) is 11.7 Å². The quantitative estimate of drug-likeness (QED) is 0.416. The zero-order chi connectivity index (χ0) is 11.1. The van der Waals surface area contributed by atoms with Crippen molar-refractivity contribution in [3.8, 4) is 0 Å². The number of anilines is 1. The number of pyridine rings is 1. The van der Waals surface area contributed by atoms with Gasteiger partial charge in [-0.15, -0.1) is 0 Å². The fraction of sp³-hybridized carbons (Fsp3) is 0.167. The molecule has 3 nitrogen and oxygen atoms in total. The average molecular weight is 201 g/mol. The first-order valence-corrected chi connectivity index (χ1v) is 4.81. The minimum absolute atomic E-state index is 0.750. The van der Waals surface area contributed by atoms with Crippen molar-refractivity contribution in [2.24, 2.45) is 5.10 Å². The molecule has 0 bridgehead atoms. The Balaban J connectivity index is 2.87. The molecule has 0 saturated carbocycles. The van der Waals surface area contributed by atoms with Gasteiger partial charge in [0.25, 0.3) is 0 Å². The Hall–Kier alpha value is -1.90. The Labute approximate surface area is 90.5 Å². The summed E-state index contributed by atoms with van der Waals surface area (Å²) in [7, 11) is 0. The zero-order valence-electron chi connectivity index (χ0n) is 8.93. The summed E-state index contributed by atoms with van der Waals surface area (Å²) in [5.74, 6) is 0.750. The first-order valence-electron chi connectivity index (χ1n) is 4.81. The Bertz CT molecular complexity index is 352. The lowest BCUT2D eigenvalue weighted by atomic mass is 10.2. The van der Waals surface area contributed by atoms with E-state index in [-0.39, 0.29) is 0 Å². The molecule has 0 unspecified atom stereocenters. The topological polar surface area (TPSA) is 28.5 Å². The molecule has 0 amide bonds. The summed E-state index contributed by atoms with van der Waals surface area (Å²) in [5, 5.41) is 5.44. The van der Waals surface area contributed by atoms with Crippen LogP contribution in [0.4, 0.5) is 5.82 Å². The highest BCUT2D eigenvalue weighted by molar-refractivity contribution is 5.45. The molecule has 0 spiro atoms. The molecular weight excluding hydrogens is 186 g/mol. The Morgan fingerprint density at radius 2 is 2.33 bits per heavy atom. The third-order valence-electron chi connectivity index (χ3n) is 1.97. The van der Waals surface area contributed by atoms with Gasteiger partial charge in [0.2, 0.25) is 0 Å². The van der Waals surface area contributed by atoms with E-state index in [0.29, 0.717) is 0 Å². The van der Waals surface area contributed by atoms with Crippen LogP contribution in [-0.2, 0) is 6.42 Å². The lowest BCUT2D eigenvalue weighted by Crippen LogP contribution is -2.08. The molecule has 0 aliphatic rings. The van der Waals surface area contributed by atoms with Gasteiger partial charge in [-0.3, -0.25) is 0 Å². The first-order chi connectivity index (χ1) is 7.31. The number of hydrogen-bond donors (Lipinski definition) is 0. The smallest absolute Gasteiger partial charge is 0.153 e. The van der Waals surface area contributed by atoms with Gasteiger partial charge < -0.3 is 0 Å². The van der Waals surface area contributed by atoms with Crippen molar-refractivity contribution in [2.75, 3.05) is 5.01 Å². The van der Waals surface area contributed by atoms with Crippen LogP contribution in [0, 0.1) is 0 Å². The molecule has 0 N–H and O–H groups in total. The van der Waals surface area contributed by atoms with E-state index < -0.39 is 0 Å². The number of rotatable bonds is 5. The van der Waals surface area contributed by atoms with Gasteiger partial charge in [0, 0.05) is 19.1 Å². The molecule has 0 fully saturated rings. The van der Waals surface area contributed by atoms with Crippen LogP contribution in [0.25, 0.3) is 0 Å². The number of aromatic nitrogens is 1. The Kier molecular flexibility index (Phi) is 4.29. The van der Waals surface area contributed by atoms with Crippen LogP contribution >= 0.6 is 0 Å². The fourth-order valence-corrected chi connectivity index (χ4v) is 1.10. The molecule has 1 rings (SSSR count). The van der Waals surface area contributed by atoms with Crippen LogP contribution in [0.1, 0.15) is 12.5 Å². The Morgan fingerprint density at radius 3 is 2.80 bits per heavy atom.